The first-order valence-corrected chi connectivity index (χ1v) is 9.46. The van der Waals surface area contributed by atoms with E-state index in [2.05, 4.69) is 0 Å². The van der Waals surface area contributed by atoms with Gasteiger partial charge in [-0.3, -0.25) is 0 Å². The molecular weight excluding hydrogens is 383 g/mol. The van der Waals surface area contributed by atoms with Gasteiger partial charge in [0.25, 0.3) is 0 Å². The Balaban J connectivity index is 1.85. The summed E-state index contributed by atoms with van der Waals surface area (Å²) >= 11 is -0.489. The summed E-state index contributed by atoms with van der Waals surface area (Å²) in [5.74, 6) is 0. The molecule has 0 amide bonds. The van der Waals surface area contributed by atoms with E-state index < -0.39 is 15.0 Å². The molecule has 4 nitrogen and oxygen atoms in total. The summed E-state index contributed by atoms with van der Waals surface area (Å²) in [5, 5.41) is 1.08. The van der Waals surface area contributed by atoms with Crippen molar-refractivity contribution in [2.75, 3.05) is 0 Å². The number of fused-ring (bicyclic) bond motifs is 2. The first-order valence-electron chi connectivity index (χ1n) is 7.75. The van der Waals surface area contributed by atoms with Crippen LogP contribution in [0.25, 0.3) is 21.9 Å². The van der Waals surface area contributed by atoms with E-state index in [0.717, 1.165) is 11.1 Å². The van der Waals surface area contributed by atoms with Crippen molar-refractivity contribution in [1.82, 2.24) is 0 Å². The quantitative estimate of drug-likeness (QED) is 0.487. The van der Waals surface area contributed by atoms with Crippen molar-refractivity contribution in [3.05, 3.63) is 80.5 Å². The van der Waals surface area contributed by atoms with Gasteiger partial charge >= 0.3 is 149 Å². The number of rotatable bonds is 2. The molecule has 5 heteroatoms. The van der Waals surface area contributed by atoms with Crippen molar-refractivity contribution >= 4 is 45.8 Å². The molecule has 0 spiro atoms. The molecule has 0 atom stereocenters. The molecule has 4 aromatic rings. The molecule has 2 aromatic carbocycles. The summed E-state index contributed by atoms with van der Waals surface area (Å²) in [6.07, 6.45) is 2.92. The van der Waals surface area contributed by atoms with Crippen LogP contribution in [0.2, 0.25) is 0 Å². The van der Waals surface area contributed by atoms with E-state index in [-0.39, 0.29) is 10.9 Å². The molecule has 2 heterocycles. The summed E-state index contributed by atoms with van der Waals surface area (Å²) in [6.45, 7) is 3.86. The maximum atomic E-state index is 12.7. The van der Waals surface area contributed by atoms with Gasteiger partial charge in [0, 0.05) is 0 Å². The van der Waals surface area contributed by atoms with Crippen molar-refractivity contribution in [2.45, 2.75) is 13.8 Å². The summed E-state index contributed by atoms with van der Waals surface area (Å²) in [4.78, 5) is 25.5. The average Bonchev–Trinajstić information content (AvgIpc) is 2.60. The molecular formula is C20H14O4Se. The van der Waals surface area contributed by atoms with Crippen LogP contribution in [0.15, 0.2) is 67.3 Å². The third-order valence-corrected chi connectivity index (χ3v) is 6.12. The number of hydrogen-bond acceptors (Lipinski definition) is 4. The van der Waals surface area contributed by atoms with Gasteiger partial charge in [0.1, 0.15) is 0 Å². The molecule has 0 saturated carbocycles. The van der Waals surface area contributed by atoms with Crippen LogP contribution in [-0.2, 0) is 0 Å². The zero-order valence-corrected chi connectivity index (χ0v) is 15.4. The molecule has 0 aliphatic carbocycles. The zero-order chi connectivity index (χ0) is 17.6. The third kappa shape index (κ3) is 2.82. The Labute approximate surface area is 149 Å². The summed E-state index contributed by atoms with van der Waals surface area (Å²) in [5.41, 5.74) is 2.91. The fraction of sp³-hybridized carbons (Fsp3) is 0.100. The molecule has 25 heavy (non-hydrogen) atoms. The van der Waals surface area contributed by atoms with Gasteiger partial charge in [-0.2, -0.15) is 0 Å². The van der Waals surface area contributed by atoms with Crippen molar-refractivity contribution in [3.8, 4) is 0 Å². The Morgan fingerprint density at radius 1 is 0.720 bits per heavy atom. The average molecular weight is 397 g/mol. The van der Waals surface area contributed by atoms with E-state index in [1.54, 1.807) is 12.1 Å². The Kier molecular flexibility index (Phi) is 3.83. The molecule has 0 fully saturated rings. The van der Waals surface area contributed by atoms with Crippen molar-refractivity contribution in [1.29, 1.82) is 0 Å². The van der Waals surface area contributed by atoms with E-state index in [9.17, 15) is 9.59 Å². The van der Waals surface area contributed by atoms with E-state index >= 15 is 0 Å². The fourth-order valence-electron chi connectivity index (χ4n) is 2.71. The number of benzene rings is 2. The van der Waals surface area contributed by atoms with Gasteiger partial charge in [0.05, 0.1) is 0 Å². The molecule has 0 aliphatic heterocycles. The van der Waals surface area contributed by atoms with Crippen LogP contribution in [0.4, 0.5) is 0 Å². The van der Waals surface area contributed by atoms with E-state index in [1.165, 1.54) is 12.5 Å². The SMILES string of the molecule is Cc1ccc2occ([Se]c3coc4ccc(C)cc4c3=O)c(=O)c2c1. The van der Waals surface area contributed by atoms with Gasteiger partial charge in [-0.25, -0.2) is 0 Å². The van der Waals surface area contributed by atoms with Crippen LogP contribution in [-0.4, -0.2) is 15.0 Å². The minimum atomic E-state index is -0.489. The number of aryl methyl sites for hydroxylation is 2. The fourth-order valence-corrected chi connectivity index (χ4v) is 4.47. The summed E-state index contributed by atoms with van der Waals surface area (Å²) in [6, 6.07) is 11.0. The van der Waals surface area contributed by atoms with E-state index in [1.807, 2.05) is 38.1 Å². The zero-order valence-electron chi connectivity index (χ0n) is 13.7. The minimum absolute atomic E-state index is 0.0892. The van der Waals surface area contributed by atoms with Gasteiger partial charge in [0.2, 0.25) is 0 Å². The second-order valence-corrected chi connectivity index (χ2v) is 8.23. The standard InChI is InChI=1S/C20H14O4Se/c1-11-3-5-15-13(7-11)19(21)17(9-23-15)25-18-10-24-16-6-4-12(2)8-14(16)20(18)22/h3-10H,1-2H3. The van der Waals surface area contributed by atoms with E-state index in [4.69, 9.17) is 8.83 Å². The van der Waals surface area contributed by atoms with E-state index in [0.29, 0.717) is 30.9 Å². The van der Waals surface area contributed by atoms with Gasteiger partial charge in [-0.1, -0.05) is 0 Å². The van der Waals surface area contributed by atoms with Crippen LogP contribution < -0.4 is 19.8 Å². The van der Waals surface area contributed by atoms with Crippen LogP contribution in [0.3, 0.4) is 0 Å². The van der Waals surface area contributed by atoms with Crippen LogP contribution in [0.5, 0.6) is 0 Å². The monoisotopic (exact) mass is 398 g/mol. The van der Waals surface area contributed by atoms with Gasteiger partial charge in [-0.15, -0.1) is 0 Å². The first-order chi connectivity index (χ1) is 12.0. The normalized spacial score (nSPS) is 11.3. The molecule has 0 unspecified atom stereocenters. The van der Waals surface area contributed by atoms with Gasteiger partial charge < -0.3 is 0 Å². The van der Waals surface area contributed by atoms with Crippen LogP contribution >= 0.6 is 0 Å². The maximum absolute atomic E-state index is 12.7. The topological polar surface area (TPSA) is 60.4 Å². The molecule has 4 rings (SSSR count). The molecule has 0 bridgehead atoms. The third-order valence-electron chi connectivity index (χ3n) is 4.01. The van der Waals surface area contributed by atoms with Crippen molar-refractivity contribution in [3.63, 3.8) is 0 Å². The number of hydrogen-bond donors (Lipinski definition) is 0. The molecule has 0 saturated heterocycles. The summed E-state index contributed by atoms with van der Waals surface area (Å²) in [7, 11) is 0. The van der Waals surface area contributed by atoms with Crippen LogP contribution in [0, 0.1) is 13.8 Å². The molecule has 2 aromatic heterocycles. The van der Waals surface area contributed by atoms with Gasteiger partial charge in [0.15, 0.2) is 0 Å². The first kappa shape index (κ1) is 15.9. The Morgan fingerprint density at radius 3 is 1.60 bits per heavy atom. The molecule has 0 aliphatic rings. The van der Waals surface area contributed by atoms with Crippen molar-refractivity contribution in [2.24, 2.45) is 0 Å². The second-order valence-electron chi connectivity index (χ2n) is 5.96. The van der Waals surface area contributed by atoms with Gasteiger partial charge in [-0.05, 0) is 0 Å². The Hall–Kier alpha value is -2.62. The predicted octanol–water partition coefficient (Wildman–Crippen LogP) is 2.17. The second kappa shape index (κ2) is 6.03. The summed E-state index contributed by atoms with van der Waals surface area (Å²) < 4.78 is 12.2. The molecule has 124 valence electrons. The molecule has 0 radical (unpaired) electrons. The Bertz CT molecular complexity index is 1140. The molecule has 0 N–H and O–H groups in total. The Morgan fingerprint density at radius 2 is 1.16 bits per heavy atom. The predicted molar refractivity (Wildman–Crippen MR) is 99.5 cm³/mol. The van der Waals surface area contributed by atoms with Crippen LogP contribution in [0.1, 0.15) is 11.1 Å². The van der Waals surface area contributed by atoms with Crippen molar-refractivity contribution < 1.29 is 8.83 Å².